The molecule has 3 rings (SSSR count). The molecule has 1 N–H and O–H groups in total. The summed E-state index contributed by atoms with van der Waals surface area (Å²) < 4.78 is 5.69. The molecule has 4 nitrogen and oxygen atoms in total. The normalized spacial score (nSPS) is 27.9. The average molecular weight is 337 g/mol. The largest absolute Gasteiger partial charge is 0.378 e. The van der Waals surface area contributed by atoms with Gasteiger partial charge in [0.25, 0.3) is 0 Å². The summed E-state index contributed by atoms with van der Waals surface area (Å²) in [5.74, 6) is 0.199. The molecule has 1 unspecified atom stereocenters. The molecule has 4 heteroatoms. The lowest BCUT2D eigenvalue weighted by Gasteiger charge is -2.44. The molecule has 1 atom stereocenters. The van der Waals surface area contributed by atoms with E-state index in [9.17, 15) is 4.79 Å². The van der Waals surface area contributed by atoms with Gasteiger partial charge >= 0.3 is 0 Å². The van der Waals surface area contributed by atoms with Crippen molar-refractivity contribution >= 4 is 5.91 Å². The average Bonchev–Trinajstić information content (AvgIpc) is 2.63. The van der Waals surface area contributed by atoms with Crippen molar-refractivity contribution in [1.82, 2.24) is 10.2 Å². The zero-order valence-electron chi connectivity index (χ0n) is 15.4. The molecule has 2 heterocycles. The first-order valence-corrected chi connectivity index (χ1v) is 10.4. The second kappa shape index (κ2) is 9.19. The van der Waals surface area contributed by atoms with Crippen LogP contribution < -0.4 is 5.32 Å². The van der Waals surface area contributed by atoms with E-state index in [0.717, 1.165) is 32.5 Å². The van der Waals surface area contributed by atoms with Gasteiger partial charge in [0.05, 0.1) is 6.10 Å². The molecule has 0 radical (unpaired) electrons. The van der Waals surface area contributed by atoms with Gasteiger partial charge in [-0.15, -0.1) is 0 Å². The molecule has 0 aromatic rings. The summed E-state index contributed by atoms with van der Waals surface area (Å²) in [4.78, 5) is 14.5. The van der Waals surface area contributed by atoms with E-state index in [1.807, 2.05) is 0 Å². The van der Waals surface area contributed by atoms with E-state index in [0.29, 0.717) is 17.9 Å². The Morgan fingerprint density at radius 1 is 1.04 bits per heavy atom. The van der Waals surface area contributed by atoms with Crippen LogP contribution in [0.1, 0.15) is 77.0 Å². The SMILES string of the molecule is O=C(CCC1CCCCO1)NCCN1CCC2(CCCCC2)CC1. The third-order valence-electron chi connectivity index (χ3n) is 6.55. The van der Waals surface area contributed by atoms with Crippen LogP contribution in [-0.2, 0) is 9.53 Å². The fourth-order valence-corrected chi connectivity index (χ4v) is 4.82. The summed E-state index contributed by atoms with van der Waals surface area (Å²) in [5.41, 5.74) is 0.679. The molecule has 0 aromatic carbocycles. The first-order chi connectivity index (χ1) is 11.8. The van der Waals surface area contributed by atoms with Crippen molar-refractivity contribution in [2.45, 2.75) is 83.2 Å². The van der Waals surface area contributed by atoms with Crippen LogP contribution in [0.4, 0.5) is 0 Å². The molecule has 0 aromatic heterocycles. The number of likely N-dealkylation sites (tertiary alicyclic amines) is 1. The molecular weight excluding hydrogens is 300 g/mol. The second-order valence-electron chi connectivity index (χ2n) is 8.28. The first-order valence-electron chi connectivity index (χ1n) is 10.4. The van der Waals surface area contributed by atoms with Crippen molar-refractivity contribution in [3.05, 3.63) is 0 Å². The number of ether oxygens (including phenoxy) is 1. The number of nitrogens with zero attached hydrogens (tertiary/aromatic N) is 1. The molecule has 1 amide bonds. The zero-order valence-corrected chi connectivity index (χ0v) is 15.4. The van der Waals surface area contributed by atoms with Crippen molar-refractivity contribution in [3.8, 4) is 0 Å². The highest BCUT2D eigenvalue weighted by Gasteiger charge is 2.35. The maximum Gasteiger partial charge on any atom is 0.220 e. The van der Waals surface area contributed by atoms with Gasteiger partial charge in [-0.05, 0) is 69.9 Å². The van der Waals surface area contributed by atoms with E-state index in [1.54, 1.807) is 0 Å². The molecule has 3 aliphatic rings. The molecule has 1 spiro atoms. The predicted octanol–water partition coefficient (Wildman–Crippen LogP) is 3.50. The molecule has 24 heavy (non-hydrogen) atoms. The summed E-state index contributed by atoms with van der Waals surface area (Å²) >= 11 is 0. The highest BCUT2D eigenvalue weighted by Crippen LogP contribution is 2.44. The Bertz CT molecular complexity index is 377. The maximum atomic E-state index is 12.0. The van der Waals surface area contributed by atoms with Crippen molar-refractivity contribution in [2.75, 3.05) is 32.8 Å². The molecule has 3 fully saturated rings. The Morgan fingerprint density at radius 3 is 2.54 bits per heavy atom. The van der Waals surface area contributed by atoms with Crippen LogP contribution in [0, 0.1) is 5.41 Å². The van der Waals surface area contributed by atoms with Gasteiger partial charge in [0.1, 0.15) is 0 Å². The lowest BCUT2D eigenvalue weighted by molar-refractivity contribution is -0.122. The van der Waals surface area contributed by atoms with Gasteiger partial charge in [-0.2, -0.15) is 0 Å². The van der Waals surface area contributed by atoms with Gasteiger partial charge in [0, 0.05) is 26.1 Å². The van der Waals surface area contributed by atoms with Crippen molar-refractivity contribution in [1.29, 1.82) is 0 Å². The minimum absolute atomic E-state index is 0.199. The highest BCUT2D eigenvalue weighted by molar-refractivity contribution is 5.75. The summed E-state index contributed by atoms with van der Waals surface area (Å²) in [7, 11) is 0. The van der Waals surface area contributed by atoms with Crippen LogP contribution in [-0.4, -0.2) is 49.7 Å². The van der Waals surface area contributed by atoms with Gasteiger partial charge in [-0.25, -0.2) is 0 Å². The number of nitrogens with one attached hydrogen (secondary N) is 1. The number of carbonyl (C=O) groups excluding carboxylic acids is 1. The van der Waals surface area contributed by atoms with E-state index in [2.05, 4.69) is 10.2 Å². The molecule has 2 aliphatic heterocycles. The molecule has 0 bridgehead atoms. The molecule has 1 saturated carbocycles. The smallest absolute Gasteiger partial charge is 0.220 e. The standard InChI is InChI=1S/C20H36N2O2/c23-19(8-7-18-6-2-5-17-24-18)21-13-16-22-14-11-20(12-15-22)9-3-1-4-10-20/h18H,1-17H2,(H,21,23). The minimum Gasteiger partial charge on any atom is -0.378 e. The van der Waals surface area contributed by atoms with Gasteiger partial charge in [0.2, 0.25) is 5.91 Å². The number of carbonyl (C=O) groups is 1. The predicted molar refractivity (Wildman–Crippen MR) is 97.0 cm³/mol. The number of rotatable bonds is 6. The molecular formula is C20H36N2O2. The van der Waals surface area contributed by atoms with Gasteiger partial charge in [0.15, 0.2) is 0 Å². The van der Waals surface area contributed by atoms with Gasteiger partial charge in [-0.1, -0.05) is 19.3 Å². The van der Waals surface area contributed by atoms with Crippen LogP contribution in [0.5, 0.6) is 0 Å². The van der Waals surface area contributed by atoms with Crippen LogP contribution in [0.25, 0.3) is 0 Å². The lowest BCUT2D eigenvalue weighted by atomic mass is 9.68. The van der Waals surface area contributed by atoms with E-state index in [1.165, 1.54) is 70.9 Å². The van der Waals surface area contributed by atoms with E-state index < -0.39 is 0 Å². The maximum absolute atomic E-state index is 12.0. The summed E-state index contributed by atoms with van der Waals surface area (Å²) in [6.07, 6.45) is 15.4. The fourth-order valence-electron chi connectivity index (χ4n) is 4.82. The van der Waals surface area contributed by atoms with Crippen LogP contribution in [0.15, 0.2) is 0 Å². The molecule has 138 valence electrons. The quantitative estimate of drug-likeness (QED) is 0.807. The lowest BCUT2D eigenvalue weighted by Crippen LogP contribution is -2.44. The molecule has 1 aliphatic carbocycles. The number of piperidine rings is 1. The minimum atomic E-state index is 0.199. The number of hydrogen-bond donors (Lipinski definition) is 1. The van der Waals surface area contributed by atoms with Gasteiger partial charge < -0.3 is 15.0 Å². The van der Waals surface area contributed by atoms with Crippen LogP contribution in [0.3, 0.4) is 0 Å². The summed E-state index contributed by atoms with van der Waals surface area (Å²) in [5, 5.41) is 3.10. The molecule has 2 saturated heterocycles. The van der Waals surface area contributed by atoms with Crippen LogP contribution >= 0.6 is 0 Å². The third-order valence-corrected chi connectivity index (χ3v) is 6.55. The fraction of sp³-hybridized carbons (Fsp3) is 0.950. The zero-order chi connectivity index (χ0) is 16.7. The Balaban J connectivity index is 1.25. The number of amides is 1. The summed E-state index contributed by atoms with van der Waals surface area (Å²) in [6.45, 7) is 5.15. The van der Waals surface area contributed by atoms with Crippen molar-refractivity contribution < 1.29 is 9.53 Å². The van der Waals surface area contributed by atoms with Gasteiger partial charge in [-0.3, -0.25) is 4.79 Å². The third kappa shape index (κ3) is 5.45. The van der Waals surface area contributed by atoms with E-state index in [-0.39, 0.29) is 5.91 Å². The highest BCUT2D eigenvalue weighted by atomic mass is 16.5. The Hall–Kier alpha value is -0.610. The Morgan fingerprint density at radius 2 is 1.83 bits per heavy atom. The van der Waals surface area contributed by atoms with Crippen molar-refractivity contribution in [3.63, 3.8) is 0 Å². The second-order valence-corrected chi connectivity index (χ2v) is 8.28. The van der Waals surface area contributed by atoms with E-state index >= 15 is 0 Å². The van der Waals surface area contributed by atoms with E-state index in [4.69, 9.17) is 4.74 Å². The van der Waals surface area contributed by atoms with Crippen molar-refractivity contribution in [2.24, 2.45) is 5.41 Å². The monoisotopic (exact) mass is 336 g/mol. The van der Waals surface area contributed by atoms with Crippen LogP contribution in [0.2, 0.25) is 0 Å². The first kappa shape index (κ1) is 18.2. The Labute approximate surface area is 147 Å². The topological polar surface area (TPSA) is 41.6 Å². The summed E-state index contributed by atoms with van der Waals surface area (Å²) in [6, 6.07) is 0. The number of hydrogen-bond acceptors (Lipinski definition) is 3. The Kier molecular flexibility index (Phi) is 6.96.